The molecule has 2 nitrogen and oxygen atoms in total. The van der Waals surface area contributed by atoms with Gasteiger partial charge in [0.05, 0.1) is 6.04 Å². The van der Waals surface area contributed by atoms with Crippen molar-refractivity contribution in [3.8, 4) is 0 Å². The number of hydrogen-bond acceptors (Lipinski definition) is 2. The quantitative estimate of drug-likeness (QED) is 0.860. The van der Waals surface area contributed by atoms with E-state index in [2.05, 4.69) is 18.7 Å². The van der Waals surface area contributed by atoms with Crippen LogP contribution >= 0.6 is 0 Å². The molecule has 2 N–H and O–H groups in total. The highest BCUT2D eigenvalue weighted by Crippen LogP contribution is 2.33. The molecule has 1 saturated heterocycles. The number of likely N-dealkylation sites (tertiary alicyclic amines) is 1. The highest BCUT2D eigenvalue weighted by molar-refractivity contribution is 5.24. The minimum atomic E-state index is -0.809. The summed E-state index contributed by atoms with van der Waals surface area (Å²) in [5, 5.41) is 0. The third-order valence-electron chi connectivity index (χ3n) is 3.43. The molecule has 0 spiro atoms. The summed E-state index contributed by atoms with van der Waals surface area (Å²) in [6.45, 7) is 5.08. The van der Waals surface area contributed by atoms with Crippen LogP contribution in [-0.2, 0) is 0 Å². The number of nitrogens with zero attached hydrogens (tertiary/aromatic N) is 1. The van der Waals surface area contributed by atoms with Gasteiger partial charge in [-0.2, -0.15) is 0 Å². The van der Waals surface area contributed by atoms with E-state index in [1.807, 2.05) is 0 Å². The standard InChI is InChI=1S/C13H18F2N2/c1-8(2)17-6-5-12(16)13(17)9-3-4-10(14)11(15)7-9/h3-4,7-8,12-13H,5-6,16H2,1-2H3/t12-,13-/m1/s1. The van der Waals surface area contributed by atoms with E-state index in [9.17, 15) is 8.78 Å². The van der Waals surface area contributed by atoms with Crippen LogP contribution in [0.2, 0.25) is 0 Å². The van der Waals surface area contributed by atoms with Gasteiger partial charge in [-0.15, -0.1) is 0 Å². The zero-order valence-corrected chi connectivity index (χ0v) is 10.2. The Bertz CT molecular complexity index is 406. The van der Waals surface area contributed by atoms with Crippen molar-refractivity contribution >= 4 is 0 Å². The Morgan fingerprint density at radius 1 is 1.29 bits per heavy atom. The normalized spacial score (nSPS) is 25.8. The second kappa shape index (κ2) is 4.70. The van der Waals surface area contributed by atoms with Gasteiger partial charge >= 0.3 is 0 Å². The summed E-state index contributed by atoms with van der Waals surface area (Å²) in [5.74, 6) is -1.61. The van der Waals surface area contributed by atoms with Crippen molar-refractivity contribution < 1.29 is 8.78 Å². The van der Waals surface area contributed by atoms with E-state index in [1.165, 1.54) is 12.1 Å². The van der Waals surface area contributed by atoms with E-state index in [4.69, 9.17) is 5.73 Å². The van der Waals surface area contributed by atoms with E-state index in [0.717, 1.165) is 18.5 Å². The van der Waals surface area contributed by atoms with Crippen LogP contribution in [0.25, 0.3) is 0 Å². The lowest BCUT2D eigenvalue weighted by atomic mass is 10.00. The number of benzene rings is 1. The topological polar surface area (TPSA) is 29.3 Å². The molecule has 0 bridgehead atoms. The minimum Gasteiger partial charge on any atom is -0.326 e. The molecule has 94 valence electrons. The zero-order chi connectivity index (χ0) is 12.6. The third kappa shape index (κ3) is 2.33. The molecule has 1 aromatic rings. The monoisotopic (exact) mass is 240 g/mol. The van der Waals surface area contributed by atoms with Crippen LogP contribution in [0.5, 0.6) is 0 Å². The molecule has 4 heteroatoms. The Morgan fingerprint density at radius 3 is 2.59 bits per heavy atom. The average Bonchev–Trinajstić information content (AvgIpc) is 2.64. The average molecular weight is 240 g/mol. The van der Waals surface area contributed by atoms with Crippen LogP contribution in [0.3, 0.4) is 0 Å². The van der Waals surface area contributed by atoms with E-state index < -0.39 is 11.6 Å². The third-order valence-corrected chi connectivity index (χ3v) is 3.43. The van der Waals surface area contributed by atoms with Gasteiger partial charge < -0.3 is 5.73 Å². The van der Waals surface area contributed by atoms with Gasteiger partial charge in [-0.1, -0.05) is 6.07 Å². The molecule has 0 amide bonds. The van der Waals surface area contributed by atoms with Crippen molar-refractivity contribution in [3.05, 3.63) is 35.4 Å². The van der Waals surface area contributed by atoms with Crippen LogP contribution in [0, 0.1) is 11.6 Å². The lowest BCUT2D eigenvalue weighted by Gasteiger charge is -2.30. The first-order valence-electron chi connectivity index (χ1n) is 5.97. The predicted molar refractivity (Wildman–Crippen MR) is 63.5 cm³/mol. The van der Waals surface area contributed by atoms with Gasteiger partial charge in [-0.05, 0) is 38.0 Å². The Balaban J connectivity index is 2.33. The highest BCUT2D eigenvalue weighted by atomic mass is 19.2. The van der Waals surface area contributed by atoms with Crippen molar-refractivity contribution in [1.82, 2.24) is 4.90 Å². The minimum absolute atomic E-state index is 0.00917. The van der Waals surface area contributed by atoms with Gasteiger partial charge in [0.15, 0.2) is 11.6 Å². The molecule has 0 unspecified atom stereocenters. The summed E-state index contributed by atoms with van der Waals surface area (Å²) in [6, 6.07) is 4.40. The van der Waals surface area contributed by atoms with Crippen LogP contribution in [0.15, 0.2) is 18.2 Å². The molecule has 0 saturated carbocycles. The summed E-state index contributed by atoms with van der Waals surface area (Å²) < 4.78 is 26.2. The van der Waals surface area contributed by atoms with Crippen LogP contribution < -0.4 is 5.73 Å². The fourth-order valence-corrected chi connectivity index (χ4v) is 2.56. The van der Waals surface area contributed by atoms with Gasteiger partial charge in [0.25, 0.3) is 0 Å². The number of rotatable bonds is 2. The van der Waals surface area contributed by atoms with Crippen molar-refractivity contribution in [2.24, 2.45) is 5.73 Å². The summed E-state index contributed by atoms with van der Waals surface area (Å²) in [6.07, 6.45) is 0.891. The summed E-state index contributed by atoms with van der Waals surface area (Å²) in [5.41, 5.74) is 6.84. The first-order chi connectivity index (χ1) is 8.00. The molecule has 1 aromatic carbocycles. The predicted octanol–water partition coefficient (Wildman–Crippen LogP) is 2.45. The number of halogens is 2. The van der Waals surface area contributed by atoms with Crippen LogP contribution in [0.4, 0.5) is 8.78 Å². The van der Waals surface area contributed by atoms with Crippen LogP contribution in [0.1, 0.15) is 31.9 Å². The van der Waals surface area contributed by atoms with Gasteiger partial charge in [-0.3, -0.25) is 4.90 Å². The smallest absolute Gasteiger partial charge is 0.159 e. The van der Waals surface area contributed by atoms with Gasteiger partial charge in [0.1, 0.15) is 0 Å². The maximum atomic E-state index is 13.3. The molecule has 1 heterocycles. The fraction of sp³-hybridized carbons (Fsp3) is 0.538. The van der Waals surface area contributed by atoms with E-state index in [1.54, 1.807) is 6.07 Å². The summed E-state index contributed by atoms with van der Waals surface area (Å²) >= 11 is 0. The fourth-order valence-electron chi connectivity index (χ4n) is 2.56. The maximum Gasteiger partial charge on any atom is 0.159 e. The molecule has 0 aliphatic carbocycles. The molecule has 0 radical (unpaired) electrons. The van der Waals surface area contributed by atoms with E-state index in [-0.39, 0.29) is 12.1 Å². The van der Waals surface area contributed by atoms with E-state index >= 15 is 0 Å². The lowest BCUT2D eigenvalue weighted by molar-refractivity contribution is 0.197. The highest BCUT2D eigenvalue weighted by Gasteiger charge is 2.34. The summed E-state index contributed by atoms with van der Waals surface area (Å²) in [7, 11) is 0. The van der Waals surface area contributed by atoms with E-state index in [0.29, 0.717) is 6.04 Å². The van der Waals surface area contributed by atoms with Gasteiger partial charge in [-0.25, -0.2) is 8.78 Å². The molecule has 0 aromatic heterocycles. The Morgan fingerprint density at radius 2 is 2.00 bits per heavy atom. The van der Waals surface area contributed by atoms with Crippen molar-refractivity contribution in [2.45, 2.75) is 38.4 Å². The molecule has 2 rings (SSSR count). The molecule has 17 heavy (non-hydrogen) atoms. The van der Waals surface area contributed by atoms with Crippen molar-refractivity contribution in [3.63, 3.8) is 0 Å². The molecule has 1 aliphatic heterocycles. The first-order valence-corrected chi connectivity index (χ1v) is 5.97. The maximum absolute atomic E-state index is 13.3. The number of hydrogen-bond donors (Lipinski definition) is 1. The number of nitrogens with two attached hydrogens (primary N) is 1. The Hall–Kier alpha value is -1.00. The van der Waals surface area contributed by atoms with Crippen LogP contribution in [-0.4, -0.2) is 23.5 Å². The van der Waals surface area contributed by atoms with Crippen molar-refractivity contribution in [1.29, 1.82) is 0 Å². The van der Waals surface area contributed by atoms with Gasteiger partial charge in [0.2, 0.25) is 0 Å². The molecule has 2 atom stereocenters. The van der Waals surface area contributed by atoms with Crippen molar-refractivity contribution in [2.75, 3.05) is 6.54 Å². The summed E-state index contributed by atoms with van der Waals surface area (Å²) in [4.78, 5) is 2.23. The molecular formula is C13H18F2N2. The van der Waals surface area contributed by atoms with Gasteiger partial charge in [0, 0.05) is 18.6 Å². The zero-order valence-electron chi connectivity index (χ0n) is 10.2. The first kappa shape index (κ1) is 12.5. The molecular weight excluding hydrogens is 222 g/mol. The molecule has 1 aliphatic rings. The Labute approximate surface area is 100 Å². The second-order valence-corrected chi connectivity index (χ2v) is 4.90. The lowest BCUT2D eigenvalue weighted by Crippen LogP contribution is -2.36. The SMILES string of the molecule is CC(C)N1CC[C@@H](N)[C@H]1c1ccc(F)c(F)c1. The molecule has 1 fully saturated rings. The largest absolute Gasteiger partial charge is 0.326 e. The Kier molecular flexibility index (Phi) is 3.45. The second-order valence-electron chi connectivity index (χ2n) is 4.90.